The van der Waals surface area contributed by atoms with Gasteiger partial charge < -0.3 is 5.11 Å². The fourth-order valence-electron chi connectivity index (χ4n) is 2.07. The summed E-state index contributed by atoms with van der Waals surface area (Å²) in [7, 11) is 0. The Morgan fingerprint density at radius 3 is 2.57 bits per heavy atom. The topological polar surface area (TPSA) is 46.5 Å². The van der Waals surface area contributed by atoms with E-state index in [-0.39, 0.29) is 17.1 Å². The Hall–Kier alpha value is -1.60. The lowest BCUT2D eigenvalue weighted by Crippen LogP contribution is -2.28. The molecule has 0 radical (unpaired) electrons. The molecule has 0 aliphatic heterocycles. The van der Waals surface area contributed by atoms with E-state index in [1.807, 2.05) is 0 Å². The van der Waals surface area contributed by atoms with Crippen LogP contribution in [0.5, 0.6) is 5.75 Å². The van der Waals surface area contributed by atoms with Gasteiger partial charge in [0.2, 0.25) is 0 Å². The van der Waals surface area contributed by atoms with Crippen molar-refractivity contribution in [3.8, 4) is 5.75 Å². The summed E-state index contributed by atoms with van der Waals surface area (Å²) in [5.41, 5.74) is 0.796. The Balaban J connectivity index is 2.23. The first-order chi connectivity index (χ1) is 9.69. The molecule has 2 atom stereocenters. The molecule has 21 heavy (non-hydrogen) atoms. The summed E-state index contributed by atoms with van der Waals surface area (Å²) in [6.45, 7) is 2.93. The summed E-state index contributed by atoms with van der Waals surface area (Å²) >= 11 is 1.17. The summed E-state index contributed by atoms with van der Waals surface area (Å²) in [6.07, 6.45) is -1.43. The van der Waals surface area contributed by atoms with E-state index in [0.717, 1.165) is 0 Å². The fraction of sp³-hybridized carbons (Fsp3) is 0.357. The van der Waals surface area contributed by atoms with E-state index in [9.17, 15) is 23.1 Å². The van der Waals surface area contributed by atoms with Crippen molar-refractivity contribution in [2.75, 3.05) is 0 Å². The van der Waals surface area contributed by atoms with Crippen molar-refractivity contribution in [3.63, 3.8) is 0 Å². The second kappa shape index (κ2) is 5.65. The van der Waals surface area contributed by atoms with Crippen molar-refractivity contribution in [2.24, 2.45) is 5.92 Å². The average molecular weight is 318 g/mol. The van der Waals surface area contributed by atoms with Crippen LogP contribution in [0.3, 0.4) is 0 Å². The first-order valence-corrected chi connectivity index (χ1v) is 7.03. The lowest BCUT2D eigenvalue weighted by molar-refractivity contribution is -0.339. The second-order valence-electron chi connectivity index (χ2n) is 4.75. The number of hydrogen-bond donors (Lipinski definition) is 1. The highest BCUT2D eigenvalue weighted by Crippen LogP contribution is 2.39. The fourth-order valence-corrected chi connectivity index (χ4v) is 3.07. The van der Waals surface area contributed by atoms with Gasteiger partial charge in [0.1, 0.15) is 5.75 Å². The molecular formula is C14H13F3O3S. The zero-order valence-electron chi connectivity index (χ0n) is 11.3. The number of allylic oxidation sites excluding steroid dienone is 2. The highest BCUT2D eigenvalue weighted by atomic mass is 32.1. The van der Waals surface area contributed by atoms with Crippen LogP contribution < -0.4 is 0 Å². The van der Waals surface area contributed by atoms with Crippen molar-refractivity contribution in [1.82, 2.24) is 0 Å². The maximum absolute atomic E-state index is 12.2. The molecule has 0 saturated carbocycles. The van der Waals surface area contributed by atoms with Crippen LogP contribution >= 0.6 is 11.3 Å². The normalized spacial score (nSPS) is 22.2. The minimum Gasteiger partial charge on any atom is -0.506 e. The highest BCUT2D eigenvalue weighted by Gasteiger charge is 2.35. The van der Waals surface area contributed by atoms with Gasteiger partial charge in [0.05, 0.1) is 16.5 Å². The number of ether oxygens (including phenoxy) is 1. The number of halogens is 3. The van der Waals surface area contributed by atoms with Crippen molar-refractivity contribution < 1.29 is 27.8 Å². The smallest absolute Gasteiger partial charge is 0.506 e. The Morgan fingerprint density at radius 1 is 1.43 bits per heavy atom. The number of rotatable bonds is 3. The molecule has 1 N–H and O–H groups in total. The van der Waals surface area contributed by atoms with E-state index in [0.29, 0.717) is 10.5 Å². The third-order valence-corrected chi connectivity index (χ3v) is 4.12. The molecule has 0 spiro atoms. The quantitative estimate of drug-likeness (QED) is 0.852. The van der Waals surface area contributed by atoms with Crippen LogP contribution in [0.2, 0.25) is 0 Å². The predicted octanol–water partition coefficient (Wildman–Crippen LogP) is 4.15. The molecule has 0 saturated heterocycles. The van der Waals surface area contributed by atoms with E-state index in [1.165, 1.54) is 35.8 Å². The standard InChI is InChI=1S/C14H13F3O3S/c1-7-5-9(3-4-11(7)20-14(15,16)17)13-12(19)10(6-21-13)8(2)18/h3-7,11,19H,1-2H3. The van der Waals surface area contributed by atoms with Crippen molar-refractivity contribution in [1.29, 1.82) is 0 Å². The first-order valence-electron chi connectivity index (χ1n) is 6.15. The van der Waals surface area contributed by atoms with Gasteiger partial charge in [-0.1, -0.05) is 25.2 Å². The number of Topliss-reactive ketones (excluding diaryl/α,β-unsaturated/α-hetero) is 1. The van der Waals surface area contributed by atoms with E-state index < -0.39 is 18.4 Å². The monoisotopic (exact) mass is 318 g/mol. The van der Waals surface area contributed by atoms with Gasteiger partial charge in [-0.3, -0.25) is 9.53 Å². The van der Waals surface area contributed by atoms with Crippen LogP contribution in [0.25, 0.3) is 5.57 Å². The lowest BCUT2D eigenvalue weighted by Gasteiger charge is -2.24. The van der Waals surface area contributed by atoms with E-state index in [4.69, 9.17) is 0 Å². The van der Waals surface area contributed by atoms with Crippen molar-refractivity contribution in [2.45, 2.75) is 26.3 Å². The minimum atomic E-state index is -4.69. The zero-order chi connectivity index (χ0) is 15.8. The third-order valence-electron chi connectivity index (χ3n) is 3.10. The second-order valence-corrected chi connectivity index (χ2v) is 5.63. The molecule has 0 aromatic carbocycles. The molecule has 1 aliphatic rings. The van der Waals surface area contributed by atoms with Crippen LogP contribution in [0.1, 0.15) is 29.1 Å². The number of ketones is 1. The maximum atomic E-state index is 12.2. The average Bonchev–Trinajstić information content (AvgIpc) is 2.72. The van der Waals surface area contributed by atoms with E-state index in [1.54, 1.807) is 13.0 Å². The molecule has 3 nitrogen and oxygen atoms in total. The predicted molar refractivity (Wildman–Crippen MR) is 73.2 cm³/mol. The maximum Gasteiger partial charge on any atom is 0.523 e. The molecule has 1 heterocycles. The lowest BCUT2D eigenvalue weighted by atomic mass is 9.94. The van der Waals surface area contributed by atoms with E-state index >= 15 is 0 Å². The van der Waals surface area contributed by atoms with Crippen LogP contribution in [0, 0.1) is 5.92 Å². The molecule has 0 fully saturated rings. The van der Waals surface area contributed by atoms with Crippen LogP contribution in [0.15, 0.2) is 23.6 Å². The minimum absolute atomic E-state index is 0.134. The zero-order valence-corrected chi connectivity index (χ0v) is 12.1. The largest absolute Gasteiger partial charge is 0.523 e. The number of thiophene rings is 1. The van der Waals surface area contributed by atoms with Crippen LogP contribution in [0.4, 0.5) is 13.2 Å². The summed E-state index contributed by atoms with van der Waals surface area (Å²) in [4.78, 5) is 11.8. The van der Waals surface area contributed by atoms with Gasteiger partial charge in [-0.05, 0) is 12.5 Å². The summed E-state index contributed by atoms with van der Waals surface area (Å²) in [5.74, 6) is -0.901. The third kappa shape index (κ3) is 3.54. The number of carbonyl (C=O) groups is 1. The number of carbonyl (C=O) groups excluding carboxylic acids is 1. The van der Waals surface area contributed by atoms with Crippen LogP contribution in [-0.2, 0) is 4.74 Å². The number of aromatic hydroxyl groups is 1. The molecule has 2 rings (SSSR count). The molecule has 114 valence electrons. The van der Waals surface area contributed by atoms with Gasteiger partial charge in [-0.2, -0.15) is 0 Å². The van der Waals surface area contributed by atoms with Gasteiger partial charge in [0.25, 0.3) is 0 Å². The Kier molecular flexibility index (Phi) is 4.25. The first kappa shape index (κ1) is 15.8. The SMILES string of the molecule is CC(=O)c1csc(C2=CC(C)C(OC(F)(F)F)C=C2)c1O. The molecule has 1 aliphatic carbocycles. The molecule has 7 heteroatoms. The Bertz CT molecular complexity index is 613. The summed E-state index contributed by atoms with van der Waals surface area (Å²) < 4.78 is 40.7. The van der Waals surface area contributed by atoms with Crippen LogP contribution in [-0.4, -0.2) is 23.4 Å². The van der Waals surface area contributed by atoms with Crippen molar-refractivity contribution in [3.05, 3.63) is 34.0 Å². The molecule has 1 aromatic heterocycles. The molecular weight excluding hydrogens is 305 g/mol. The summed E-state index contributed by atoms with van der Waals surface area (Å²) in [6, 6.07) is 0. The van der Waals surface area contributed by atoms with Gasteiger partial charge in [0.15, 0.2) is 5.78 Å². The van der Waals surface area contributed by atoms with Gasteiger partial charge >= 0.3 is 6.36 Å². The van der Waals surface area contributed by atoms with Gasteiger partial charge in [0, 0.05) is 11.3 Å². The number of alkyl halides is 3. The van der Waals surface area contributed by atoms with Gasteiger partial charge in [-0.15, -0.1) is 24.5 Å². The molecule has 1 aromatic rings. The molecule has 0 amide bonds. The Labute approximate surface area is 123 Å². The van der Waals surface area contributed by atoms with E-state index in [2.05, 4.69) is 4.74 Å². The number of hydrogen-bond acceptors (Lipinski definition) is 4. The summed E-state index contributed by atoms with van der Waals surface area (Å²) in [5, 5.41) is 11.5. The molecule has 2 unspecified atom stereocenters. The van der Waals surface area contributed by atoms with Gasteiger partial charge in [-0.25, -0.2) is 0 Å². The van der Waals surface area contributed by atoms with Crippen molar-refractivity contribution >= 4 is 22.7 Å². The highest BCUT2D eigenvalue weighted by molar-refractivity contribution is 7.12. The Morgan fingerprint density at radius 2 is 2.10 bits per heavy atom. The molecule has 0 bridgehead atoms.